The second kappa shape index (κ2) is 12.3. The van der Waals surface area contributed by atoms with Crippen LogP contribution >= 0.6 is 0 Å². The molecule has 4 aromatic carbocycles. The van der Waals surface area contributed by atoms with Crippen molar-refractivity contribution in [1.82, 2.24) is 10.3 Å². The Labute approximate surface area is 283 Å². The SMILES string of the molecule is CNC(=O)c1c(-c2ccc(F)cc2)oc2cc(N(C3CC(C#N)C3)S(C)(=O)=O)c(-c3ccc(OC)c(-c4nc5c(F)cc(F)cc5o4)c3)cc12. The Hall–Kier alpha value is -5.81. The zero-order valence-corrected chi connectivity index (χ0v) is 27.6. The Bertz CT molecular complexity index is 2480. The predicted molar refractivity (Wildman–Crippen MR) is 179 cm³/mol. The van der Waals surface area contributed by atoms with Crippen LogP contribution in [0.25, 0.3) is 56.0 Å². The Morgan fingerprint density at radius 3 is 2.34 bits per heavy atom. The van der Waals surface area contributed by atoms with E-state index in [0.29, 0.717) is 41.0 Å². The molecule has 10 nitrogen and oxygen atoms in total. The van der Waals surface area contributed by atoms with Crippen molar-refractivity contribution in [3.05, 3.63) is 89.7 Å². The van der Waals surface area contributed by atoms with Crippen molar-refractivity contribution in [3.8, 4) is 45.7 Å². The van der Waals surface area contributed by atoms with Gasteiger partial charge in [0.25, 0.3) is 5.91 Å². The standard InChI is InChI=1S/C36H27F3N4O6S/c1-41-35(44)32-25-15-24(20-6-9-29(47-2)26(12-20)36-42-33-27(39)13-22(38)14-31(33)49-36)28(43(50(3,45)46)23-10-18(11-23)17-40)16-30(25)48-34(32)19-4-7-21(37)8-5-19/h4-9,12-16,18,23H,10-11H2,1-3H3,(H,41,44). The fourth-order valence-corrected chi connectivity index (χ4v) is 7.57. The number of carbonyl (C=O) groups is 1. The molecule has 50 heavy (non-hydrogen) atoms. The van der Waals surface area contributed by atoms with Gasteiger partial charge in [-0.2, -0.15) is 5.26 Å². The Kier molecular flexibility index (Phi) is 8.02. The fraction of sp³-hybridized carbons (Fsp3) is 0.194. The van der Waals surface area contributed by atoms with Crippen LogP contribution in [0.15, 0.2) is 75.6 Å². The number of nitriles is 1. The highest BCUT2D eigenvalue weighted by atomic mass is 32.2. The molecule has 1 aliphatic carbocycles. The van der Waals surface area contributed by atoms with Crippen LogP contribution in [0.1, 0.15) is 23.2 Å². The van der Waals surface area contributed by atoms with Crippen LogP contribution in [0.2, 0.25) is 0 Å². The highest BCUT2D eigenvalue weighted by Gasteiger charge is 2.40. The van der Waals surface area contributed by atoms with Crippen LogP contribution in [0.4, 0.5) is 18.9 Å². The molecule has 0 spiro atoms. The van der Waals surface area contributed by atoms with Crippen LogP contribution in [0, 0.1) is 34.7 Å². The van der Waals surface area contributed by atoms with E-state index in [4.69, 9.17) is 13.6 Å². The van der Waals surface area contributed by atoms with Crippen molar-refractivity contribution < 1.29 is 40.0 Å². The summed E-state index contributed by atoms with van der Waals surface area (Å²) in [5.74, 6) is -2.77. The molecule has 1 saturated carbocycles. The van der Waals surface area contributed by atoms with Crippen LogP contribution in [0.3, 0.4) is 0 Å². The molecule has 1 amide bonds. The molecule has 2 heterocycles. The van der Waals surface area contributed by atoms with Crippen molar-refractivity contribution in [2.24, 2.45) is 5.92 Å². The van der Waals surface area contributed by atoms with Crippen molar-refractivity contribution in [1.29, 1.82) is 5.26 Å². The molecular formula is C36H27F3N4O6S. The summed E-state index contributed by atoms with van der Waals surface area (Å²) in [4.78, 5) is 17.6. The number of carbonyl (C=O) groups excluding carboxylic acids is 1. The normalized spacial score (nSPS) is 15.9. The monoisotopic (exact) mass is 700 g/mol. The van der Waals surface area contributed by atoms with Gasteiger partial charge < -0.3 is 18.9 Å². The molecule has 1 aliphatic rings. The lowest BCUT2D eigenvalue weighted by molar-refractivity contribution is 0.0964. The maximum absolute atomic E-state index is 14.6. The van der Waals surface area contributed by atoms with Gasteiger partial charge >= 0.3 is 0 Å². The molecule has 14 heteroatoms. The molecule has 1 N–H and O–H groups in total. The predicted octanol–water partition coefficient (Wildman–Crippen LogP) is 7.43. The minimum atomic E-state index is -3.96. The lowest BCUT2D eigenvalue weighted by Gasteiger charge is -2.40. The number of methoxy groups -OCH3 is 1. The lowest BCUT2D eigenvalue weighted by Crippen LogP contribution is -2.47. The molecule has 1 fully saturated rings. The van der Waals surface area contributed by atoms with E-state index < -0.39 is 39.4 Å². The number of oxazole rings is 1. The lowest BCUT2D eigenvalue weighted by atomic mass is 9.81. The number of ether oxygens (including phenoxy) is 1. The molecule has 254 valence electrons. The fourth-order valence-electron chi connectivity index (χ4n) is 6.35. The molecule has 0 aliphatic heterocycles. The topological polar surface area (TPSA) is 139 Å². The largest absolute Gasteiger partial charge is 0.496 e. The first-order valence-corrected chi connectivity index (χ1v) is 17.2. The number of rotatable bonds is 8. The second-order valence-corrected chi connectivity index (χ2v) is 13.8. The number of furan rings is 1. The highest BCUT2D eigenvalue weighted by molar-refractivity contribution is 7.92. The third kappa shape index (κ3) is 5.59. The smallest absolute Gasteiger partial charge is 0.255 e. The third-order valence-corrected chi connectivity index (χ3v) is 9.95. The van der Waals surface area contributed by atoms with Crippen molar-refractivity contribution >= 4 is 43.7 Å². The Morgan fingerprint density at radius 1 is 0.960 bits per heavy atom. The maximum atomic E-state index is 14.6. The van der Waals surface area contributed by atoms with Crippen LogP contribution < -0.4 is 14.4 Å². The molecular weight excluding hydrogens is 673 g/mol. The molecule has 0 atom stereocenters. The maximum Gasteiger partial charge on any atom is 0.255 e. The summed E-state index contributed by atoms with van der Waals surface area (Å²) in [6, 6.07) is 16.7. The molecule has 0 radical (unpaired) electrons. The summed E-state index contributed by atoms with van der Waals surface area (Å²) in [5, 5.41) is 12.4. The summed E-state index contributed by atoms with van der Waals surface area (Å²) in [6.07, 6.45) is 1.65. The summed E-state index contributed by atoms with van der Waals surface area (Å²) in [7, 11) is -1.11. The van der Waals surface area contributed by atoms with E-state index in [1.165, 1.54) is 48.8 Å². The average molecular weight is 701 g/mol. The van der Waals surface area contributed by atoms with Gasteiger partial charge in [-0.15, -0.1) is 0 Å². The third-order valence-electron chi connectivity index (χ3n) is 8.74. The molecule has 0 saturated heterocycles. The number of fused-ring (bicyclic) bond motifs is 2. The van der Waals surface area contributed by atoms with E-state index in [9.17, 15) is 31.6 Å². The first kappa shape index (κ1) is 32.7. The van der Waals surface area contributed by atoms with Crippen molar-refractivity contribution in [2.45, 2.75) is 18.9 Å². The molecule has 6 aromatic rings. The van der Waals surface area contributed by atoms with Gasteiger partial charge in [0.15, 0.2) is 11.4 Å². The van der Waals surface area contributed by atoms with E-state index in [0.717, 1.165) is 12.3 Å². The van der Waals surface area contributed by atoms with E-state index in [2.05, 4.69) is 16.4 Å². The number of sulfonamides is 1. The number of nitrogens with one attached hydrogen (secondary N) is 1. The van der Waals surface area contributed by atoms with E-state index in [1.54, 1.807) is 24.3 Å². The zero-order valence-electron chi connectivity index (χ0n) is 26.8. The van der Waals surface area contributed by atoms with Gasteiger partial charge in [-0.3, -0.25) is 9.10 Å². The summed E-state index contributed by atoms with van der Waals surface area (Å²) < 4.78 is 88.3. The average Bonchev–Trinajstić information content (AvgIpc) is 3.66. The number of hydrogen-bond donors (Lipinski definition) is 1. The first-order valence-electron chi connectivity index (χ1n) is 15.3. The molecule has 2 aromatic heterocycles. The van der Waals surface area contributed by atoms with Gasteiger partial charge in [-0.25, -0.2) is 26.6 Å². The Morgan fingerprint density at radius 2 is 1.68 bits per heavy atom. The van der Waals surface area contributed by atoms with Crippen LogP contribution in [-0.4, -0.2) is 45.8 Å². The van der Waals surface area contributed by atoms with Gasteiger partial charge in [0.05, 0.1) is 42.2 Å². The van der Waals surface area contributed by atoms with Gasteiger partial charge in [-0.05, 0) is 60.9 Å². The zero-order chi connectivity index (χ0) is 35.5. The number of benzene rings is 4. The molecule has 0 unspecified atom stereocenters. The highest BCUT2D eigenvalue weighted by Crippen LogP contribution is 2.46. The van der Waals surface area contributed by atoms with E-state index >= 15 is 0 Å². The first-order chi connectivity index (χ1) is 23.9. The Balaban J connectivity index is 1.51. The van der Waals surface area contributed by atoms with Crippen LogP contribution in [-0.2, 0) is 10.0 Å². The van der Waals surface area contributed by atoms with Gasteiger partial charge in [0.2, 0.25) is 15.9 Å². The minimum Gasteiger partial charge on any atom is -0.496 e. The number of aromatic nitrogens is 1. The quantitative estimate of drug-likeness (QED) is 0.173. The van der Waals surface area contributed by atoms with Crippen molar-refractivity contribution in [3.63, 3.8) is 0 Å². The second-order valence-electron chi connectivity index (χ2n) is 11.9. The summed E-state index contributed by atoms with van der Waals surface area (Å²) >= 11 is 0. The number of anilines is 1. The molecule has 7 rings (SSSR count). The number of hydrogen-bond acceptors (Lipinski definition) is 8. The number of nitrogens with zero attached hydrogens (tertiary/aromatic N) is 3. The van der Waals surface area contributed by atoms with Crippen LogP contribution in [0.5, 0.6) is 5.75 Å². The van der Waals surface area contributed by atoms with E-state index in [1.807, 2.05) is 0 Å². The van der Waals surface area contributed by atoms with E-state index in [-0.39, 0.29) is 56.8 Å². The number of halogens is 3. The molecule has 0 bridgehead atoms. The van der Waals surface area contributed by atoms with Gasteiger partial charge in [0.1, 0.15) is 34.2 Å². The van der Waals surface area contributed by atoms with Gasteiger partial charge in [-0.1, -0.05) is 6.07 Å². The van der Waals surface area contributed by atoms with Gasteiger partial charge in [0, 0.05) is 47.8 Å². The summed E-state index contributed by atoms with van der Waals surface area (Å²) in [6.45, 7) is 0. The minimum absolute atomic E-state index is 0.0883. The summed E-state index contributed by atoms with van der Waals surface area (Å²) in [5.41, 5.74) is 1.60. The number of amides is 1. The van der Waals surface area contributed by atoms with Crippen molar-refractivity contribution in [2.75, 3.05) is 24.7 Å².